The van der Waals surface area contributed by atoms with Crippen LogP contribution in [0, 0.1) is 17.3 Å². The van der Waals surface area contributed by atoms with Crippen molar-refractivity contribution in [2.45, 2.75) is 129 Å². The fraction of sp³-hybridized carbons (Fsp3) is 0.500. The van der Waals surface area contributed by atoms with Gasteiger partial charge < -0.3 is 39.9 Å². The summed E-state index contributed by atoms with van der Waals surface area (Å²) in [4.78, 5) is 85.9. The molecule has 4 heterocycles. The summed E-state index contributed by atoms with van der Waals surface area (Å²) in [5, 5.41) is 5.96. The van der Waals surface area contributed by atoms with Crippen LogP contribution in [0.25, 0.3) is 44.4 Å². The number of rotatable bonds is 12. The first kappa shape index (κ1) is 47.6. The molecule has 69 heavy (non-hydrogen) atoms. The van der Waals surface area contributed by atoms with Crippen molar-refractivity contribution >= 4 is 34.9 Å². The monoisotopic (exact) mass is 939 g/mol. The molecule has 3 fully saturated rings. The summed E-state index contributed by atoms with van der Waals surface area (Å²) in [6.07, 6.45) is 12.4. The Hall–Kier alpha value is -6.51. The number of hydrogen-bond acceptors (Lipinski definition) is 9. The standard InChI is InChI=1S/C54H66N8O7/c1-7-32(4)46(59-53(67)69-6)51(65)62-26-12-14-44(62)48-56-41-22-19-35(27-38(41)49(63)60-48)37-21-20-36(39-28-54(29-40(37)39)23-9-8-10-24-54)33-15-17-34(18-16-33)42-30-55-47(57-42)43-13-11-25-61(43)50(64)45(31(2)3)58-52(66)68-5/h15-22,27,30-32,43-46H,7-14,23-26,28-29H2,1-6H3,(H,55,57)(H,58,66)(H,59,67)(H,56,60,63)/t32-,43+,44-,45-,46+/m0/s1. The summed E-state index contributed by atoms with van der Waals surface area (Å²) < 4.78 is 9.64. The number of alkyl carbamates (subject to hydrolysis) is 2. The van der Waals surface area contributed by atoms with Crippen molar-refractivity contribution in [3.8, 4) is 33.5 Å². The zero-order valence-electron chi connectivity index (χ0n) is 40.8. The number of carbonyl (C=O) groups is 4. The lowest BCUT2D eigenvalue weighted by atomic mass is 9.72. The lowest BCUT2D eigenvalue weighted by Crippen LogP contribution is -2.51. The van der Waals surface area contributed by atoms with E-state index in [9.17, 15) is 24.0 Å². The summed E-state index contributed by atoms with van der Waals surface area (Å²) in [7, 11) is 2.58. The molecule has 2 saturated heterocycles. The van der Waals surface area contributed by atoms with Crippen LogP contribution in [0.1, 0.15) is 127 Å². The van der Waals surface area contributed by atoms with Crippen LogP contribution in [-0.2, 0) is 31.9 Å². The SMILES string of the molecule is CC[C@H](C)[C@@H](NC(=O)OC)C(=O)N1CCC[C@H]1c1nc2ccc(-c3ccc(-c4ccc(-c5cnc([C@H]6CCCN6C(=O)[C@@H](NC(=O)OC)C(C)C)[nH]5)cc4)c4c3CC3(CCCCC3)C4)cc2c(=O)[nH]1. The molecule has 4 aliphatic rings. The van der Waals surface area contributed by atoms with Crippen LogP contribution in [0.15, 0.2) is 65.6 Å². The number of amides is 4. The summed E-state index contributed by atoms with van der Waals surface area (Å²) >= 11 is 0. The Morgan fingerprint density at radius 2 is 1.29 bits per heavy atom. The van der Waals surface area contributed by atoms with Crippen LogP contribution in [-0.4, -0.2) is 93.1 Å². The van der Waals surface area contributed by atoms with Gasteiger partial charge >= 0.3 is 12.2 Å². The predicted molar refractivity (Wildman–Crippen MR) is 264 cm³/mol. The Morgan fingerprint density at radius 3 is 1.90 bits per heavy atom. The number of benzene rings is 3. The predicted octanol–water partition coefficient (Wildman–Crippen LogP) is 9.17. The van der Waals surface area contributed by atoms with Crippen molar-refractivity contribution in [2.24, 2.45) is 17.3 Å². The number of ether oxygens (including phenoxy) is 2. The maximum absolute atomic E-state index is 14.0. The van der Waals surface area contributed by atoms with E-state index in [2.05, 4.69) is 63.1 Å². The zero-order chi connectivity index (χ0) is 48.6. The highest BCUT2D eigenvalue weighted by Gasteiger charge is 2.42. The molecule has 4 amide bonds. The molecule has 1 saturated carbocycles. The van der Waals surface area contributed by atoms with Gasteiger partial charge in [0.05, 0.1) is 49.1 Å². The highest BCUT2D eigenvalue weighted by atomic mass is 16.5. The number of hydrogen-bond donors (Lipinski definition) is 4. The number of methoxy groups -OCH3 is 2. The first-order chi connectivity index (χ1) is 33.3. The second-order valence-electron chi connectivity index (χ2n) is 20.2. The number of fused-ring (bicyclic) bond motifs is 2. The Balaban J connectivity index is 0.979. The van der Waals surface area contributed by atoms with Gasteiger partial charge in [-0.1, -0.05) is 95.8 Å². The molecule has 1 spiro atoms. The molecule has 2 aromatic heterocycles. The highest BCUT2D eigenvalue weighted by molar-refractivity contribution is 5.89. The van der Waals surface area contributed by atoms with Crippen LogP contribution >= 0.6 is 0 Å². The van der Waals surface area contributed by atoms with Crippen molar-refractivity contribution in [1.82, 2.24) is 40.4 Å². The van der Waals surface area contributed by atoms with E-state index in [0.717, 1.165) is 65.9 Å². The number of aromatic amines is 2. The molecule has 0 radical (unpaired) electrons. The molecule has 2 aliphatic heterocycles. The first-order valence-electron chi connectivity index (χ1n) is 25.0. The largest absolute Gasteiger partial charge is 0.453 e. The highest BCUT2D eigenvalue weighted by Crippen LogP contribution is 2.52. The van der Waals surface area contributed by atoms with Crippen molar-refractivity contribution in [3.63, 3.8) is 0 Å². The molecular formula is C54H66N8O7. The smallest absolute Gasteiger partial charge is 0.407 e. The minimum Gasteiger partial charge on any atom is -0.453 e. The molecule has 5 atom stereocenters. The minimum absolute atomic E-state index is 0.116. The average molecular weight is 939 g/mol. The average Bonchev–Trinajstić information content (AvgIpc) is 4.21. The summed E-state index contributed by atoms with van der Waals surface area (Å²) in [5.74, 6) is 0.601. The Morgan fingerprint density at radius 1 is 0.725 bits per heavy atom. The van der Waals surface area contributed by atoms with Gasteiger partial charge in [0.1, 0.15) is 23.7 Å². The number of imidazole rings is 1. The topological polar surface area (TPSA) is 192 Å². The number of aromatic nitrogens is 4. The van der Waals surface area contributed by atoms with Gasteiger partial charge in [-0.15, -0.1) is 0 Å². The number of nitrogens with zero attached hydrogens (tertiary/aromatic N) is 4. The van der Waals surface area contributed by atoms with Crippen molar-refractivity contribution < 1.29 is 28.7 Å². The third-order valence-corrected chi connectivity index (χ3v) is 15.6. The maximum atomic E-state index is 14.0. The van der Waals surface area contributed by atoms with Gasteiger partial charge in [0, 0.05) is 13.1 Å². The van der Waals surface area contributed by atoms with Crippen LogP contribution in [0.5, 0.6) is 0 Å². The van der Waals surface area contributed by atoms with Crippen molar-refractivity contribution in [1.29, 1.82) is 0 Å². The van der Waals surface area contributed by atoms with E-state index in [1.54, 1.807) is 4.90 Å². The van der Waals surface area contributed by atoms with Gasteiger partial charge in [-0.25, -0.2) is 19.6 Å². The molecular weight excluding hydrogens is 873 g/mol. The molecule has 3 aromatic carbocycles. The molecule has 2 aliphatic carbocycles. The van der Waals surface area contributed by atoms with Crippen LogP contribution in [0.2, 0.25) is 0 Å². The zero-order valence-corrected chi connectivity index (χ0v) is 40.8. The third kappa shape index (κ3) is 9.36. The molecule has 15 nitrogen and oxygen atoms in total. The van der Waals surface area contributed by atoms with E-state index < -0.39 is 30.3 Å². The third-order valence-electron chi connectivity index (χ3n) is 15.6. The normalized spacial score (nSPS) is 19.9. The second-order valence-corrected chi connectivity index (χ2v) is 20.2. The van der Waals surface area contributed by atoms with E-state index in [1.807, 2.05) is 50.9 Å². The molecule has 4 N–H and O–H groups in total. The molecule has 0 bridgehead atoms. The molecule has 364 valence electrons. The van der Waals surface area contributed by atoms with E-state index >= 15 is 0 Å². The van der Waals surface area contributed by atoms with Crippen LogP contribution in [0.4, 0.5) is 9.59 Å². The van der Waals surface area contributed by atoms with Gasteiger partial charge in [0.15, 0.2) is 0 Å². The molecule has 0 unspecified atom stereocenters. The Kier molecular flexibility index (Phi) is 13.7. The van der Waals surface area contributed by atoms with Crippen LogP contribution in [0.3, 0.4) is 0 Å². The second kappa shape index (κ2) is 19.8. The van der Waals surface area contributed by atoms with Crippen molar-refractivity contribution in [3.05, 3.63) is 93.9 Å². The first-order valence-corrected chi connectivity index (χ1v) is 25.0. The van der Waals surface area contributed by atoms with E-state index in [1.165, 1.54) is 63.0 Å². The Bertz CT molecular complexity index is 2790. The molecule has 5 aromatic rings. The van der Waals surface area contributed by atoms with E-state index in [0.29, 0.717) is 42.7 Å². The number of carbonyl (C=O) groups excluding carboxylic acids is 4. The Labute approximate surface area is 403 Å². The maximum Gasteiger partial charge on any atom is 0.407 e. The number of likely N-dealkylation sites (tertiary alicyclic amines) is 2. The van der Waals surface area contributed by atoms with E-state index in [-0.39, 0.29) is 40.7 Å². The quantitative estimate of drug-likeness (QED) is 0.0945. The lowest BCUT2D eigenvalue weighted by Gasteiger charge is -2.33. The fourth-order valence-corrected chi connectivity index (χ4v) is 11.6. The molecule has 9 rings (SSSR count). The fourth-order valence-electron chi connectivity index (χ4n) is 11.6. The molecule has 15 heteroatoms. The van der Waals surface area contributed by atoms with Gasteiger partial charge in [-0.2, -0.15) is 0 Å². The number of nitrogens with one attached hydrogen (secondary N) is 4. The van der Waals surface area contributed by atoms with Gasteiger partial charge in [0.2, 0.25) is 11.8 Å². The summed E-state index contributed by atoms with van der Waals surface area (Å²) in [5.41, 5.74) is 9.64. The van der Waals surface area contributed by atoms with Gasteiger partial charge in [-0.3, -0.25) is 14.4 Å². The summed E-state index contributed by atoms with van der Waals surface area (Å²) in [6, 6.07) is 17.0. The van der Waals surface area contributed by atoms with Crippen molar-refractivity contribution in [2.75, 3.05) is 27.3 Å². The summed E-state index contributed by atoms with van der Waals surface area (Å²) in [6.45, 7) is 8.82. The number of H-pyrrole nitrogens is 2. The van der Waals surface area contributed by atoms with Gasteiger partial charge in [-0.05, 0) is 120 Å². The van der Waals surface area contributed by atoms with Gasteiger partial charge in [0.25, 0.3) is 5.56 Å². The minimum atomic E-state index is -0.757. The van der Waals surface area contributed by atoms with E-state index in [4.69, 9.17) is 19.4 Å². The van der Waals surface area contributed by atoms with Crippen LogP contribution < -0.4 is 16.2 Å². The lowest BCUT2D eigenvalue weighted by molar-refractivity contribution is -0.136.